The highest BCUT2D eigenvalue weighted by atomic mass is 32.1. The number of thiophene rings is 1. The van der Waals surface area contributed by atoms with Crippen LogP contribution in [0.5, 0.6) is 0 Å². The molecule has 2 fully saturated rings. The zero-order valence-corrected chi connectivity index (χ0v) is 14.2. The average molecular weight is 292 g/mol. The highest BCUT2D eigenvalue weighted by Crippen LogP contribution is 2.48. The molecule has 0 amide bonds. The molecular weight excluding hydrogens is 262 g/mol. The summed E-state index contributed by atoms with van der Waals surface area (Å²) in [7, 11) is 0. The zero-order valence-electron chi connectivity index (χ0n) is 13.4. The molecule has 0 spiro atoms. The molecule has 0 aliphatic heterocycles. The maximum atomic E-state index is 4.04. The van der Waals surface area contributed by atoms with Crippen LogP contribution in [0.25, 0.3) is 0 Å². The van der Waals surface area contributed by atoms with Crippen LogP contribution in [-0.4, -0.2) is 6.04 Å². The maximum absolute atomic E-state index is 4.04. The first-order valence-corrected chi connectivity index (χ1v) is 9.02. The van der Waals surface area contributed by atoms with Crippen molar-refractivity contribution in [1.29, 1.82) is 0 Å². The minimum atomic E-state index is 0.475. The van der Waals surface area contributed by atoms with Gasteiger partial charge >= 0.3 is 0 Å². The lowest BCUT2D eigenvalue weighted by atomic mass is 9.63. The Kier molecular flexibility index (Phi) is 3.75. The van der Waals surface area contributed by atoms with E-state index in [-0.39, 0.29) is 0 Å². The van der Waals surface area contributed by atoms with Crippen LogP contribution in [0.3, 0.4) is 0 Å². The van der Waals surface area contributed by atoms with Crippen LogP contribution in [0, 0.1) is 16.7 Å². The van der Waals surface area contributed by atoms with Gasteiger partial charge in [0, 0.05) is 17.0 Å². The van der Waals surface area contributed by atoms with E-state index in [0.29, 0.717) is 22.9 Å². The highest BCUT2D eigenvalue weighted by Gasteiger charge is 2.41. The Hall–Kier alpha value is -0.340. The first-order valence-electron chi connectivity index (χ1n) is 8.14. The fourth-order valence-electron chi connectivity index (χ4n) is 4.57. The quantitative estimate of drug-likeness (QED) is 0.784. The van der Waals surface area contributed by atoms with E-state index in [2.05, 4.69) is 50.5 Å². The van der Waals surface area contributed by atoms with Crippen molar-refractivity contribution in [2.75, 3.05) is 0 Å². The zero-order chi connectivity index (χ0) is 14.4. The van der Waals surface area contributed by atoms with E-state index in [9.17, 15) is 0 Å². The molecule has 20 heavy (non-hydrogen) atoms. The molecule has 0 bridgehead atoms. The van der Waals surface area contributed by atoms with Gasteiger partial charge in [0.15, 0.2) is 0 Å². The third-order valence-corrected chi connectivity index (χ3v) is 5.87. The molecule has 2 aliphatic carbocycles. The highest BCUT2D eigenvalue weighted by molar-refractivity contribution is 7.10. The molecule has 1 nitrogen and oxygen atoms in total. The van der Waals surface area contributed by atoms with Gasteiger partial charge in [0.1, 0.15) is 0 Å². The molecule has 2 heteroatoms. The van der Waals surface area contributed by atoms with Gasteiger partial charge in [-0.1, -0.05) is 33.8 Å². The van der Waals surface area contributed by atoms with Gasteiger partial charge in [0.25, 0.3) is 0 Å². The van der Waals surface area contributed by atoms with Crippen LogP contribution in [-0.2, 0) is 0 Å². The number of rotatable bonds is 4. The molecule has 1 aromatic rings. The molecule has 1 unspecified atom stereocenters. The molecule has 2 saturated carbocycles. The second-order valence-electron chi connectivity index (χ2n) is 8.61. The summed E-state index contributed by atoms with van der Waals surface area (Å²) in [6.07, 6.45) is 6.82. The molecule has 1 heterocycles. The molecule has 112 valence electrons. The van der Waals surface area contributed by atoms with Gasteiger partial charge in [0.2, 0.25) is 0 Å². The SMILES string of the molecule is CC1(C)CC(NC(c2cccs2)C2CC2)CC(C)(C)C1. The Morgan fingerprint density at radius 2 is 1.80 bits per heavy atom. The Balaban J connectivity index is 1.72. The molecular formula is C18H29NS. The second-order valence-corrected chi connectivity index (χ2v) is 9.59. The minimum absolute atomic E-state index is 0.475. The van der Waals surface area contributed by atoms with E-state index in [4.69, 9.17) is 0 Å². The third-order valence-electron chi connectivity index (χ3n) is 4.91. The Morgan fingerprint density at radius 1 is 1.15 bits per heavy atom. The monoisotopic (exact) mass is 291 g/mol. The van der Waals surface area contributed by atoms with E-state index in [1.54, 1.807) is 4.88 Å². The summed E-state index contributed by atoms with van der Waals surface area (Å²) in [5.74, 6) is 0.891. The second kappa shape index (κ2) is 5.14. The summed E-state index contributed by atoms with van der Waals surface area (Å²) in [6, 6.07) is 5.82. The van der Waals surface area contributed by atoms with Crippen molar-refractivity contribution in [2.45, 2.75) is 71.9 Å². The van der Waals surface area contributed by atoms with Gasteiger partial charge in [-0.25, -0.2) is 0 Å². The van der Waals surface area contributed by atoms with Crippen LogP contribution in [0.15, 0.2) is 17.5 Å². The Labute approximate surface area is 128 Å². The molecule has 1 aromatic heterocycles. The molecule has 0 saturated heterocycles. The summed E-state index contributed by atoms with van der Waals surface area (Å²) < 4.78 is 0. The molecule has 0 radical (unpaired) electrons. The van der Waals surface area contributed by atoms with Crippen molar-refractivity contribution >= 4 is 11.3 Å². The molecule has 0 aromatic carbocycles. The van der Waals surface area contributed by atoms with E-state index >= 15 is 0 Å². The summed E-state index contributed by atoms with van der Waals surface area (Å²) in [4.78, 5) is 1.55. The van der Waals surface area contributed by atoms with Gasteiger partial charge in [-0.2, -0.15) is 0 Å². The van der Waals surface area contributed by atoms with Crippen LogP contribution in [0.1, 0.15) is 70.7 Å². The van der Waals surface area contributed by atoms with Crippen molar-refractivity contribution in [2.24, 2.45) is 16.7 Å². The molecule has 1 atom stereocenters. The first kappa shape index (κ1) is 14.6. The van der Waals surface area contributed by atoms with Gasteiger partial charge in [-0.3, -0.25) is 0 Å². The largest absolute Gasteiger partial charge is 0.306 e. The molecule has 2 aliphatic rings. The summed E-state index contributed by atoms with van der Waals surface area (Å²) in [5, 5.41) is 6.27. The number of nitrogens with one attached hydrogen (secondary N) is 1. The Bertz CT molecular complexity index is 426. The topological polar surface area (TPSA) is 12.0 Å². The van der Waals surface area contributed by atoms with E-state index in [1.807, 2.05) is 11.3 Å². The van der Waals surface area contributed by atoms with Gasteiger partial charge in [-0.15, -0.1) is 11.3 Å². The number of hydrogen-bond donors (Lipinski definition) is 1. The maximum Gasteiger partial charge on any atom is 0.0445 e. The molecule has 1 N–H and O–H groups in total. The summed E-state index contributed by atoms with van der Waals surface area (Å²) in [6.45, 7) is 9.78. The van der Waals surface area contributed by atoms with Crippen LogP contribution in [0.2, 0.25) is 0 Å². The van der Waals surface area contributed by atoms with Crippen LogP contribution in [0.4, 0.5) is 0 Å². The van der Waals surface area contributed by atoms with Crippen molar-refractivity contribution in [3.63, 3.8) is 0 Å². The lowest BCUT2D eigenvalue weighted by molar-refractivity contribution is 0.0790. The summed E-state index contributed by atoms with van der Waals surface area (Å²) >= 11 is 1.93. The van der Waals surface area contributed by atoms with Gasteiger partial charge < -0.3 is 5.32 Å². The summed E-state index contributed by atoms with van der Waals surface area (Å²) in [5.41, 5.74) is 0.950. The van der Waals surface area contributed by atoms with Crippen LogP contribution < -0.4 is 5.32 Å². The fraction of sp³-hybridized carbons (Fsp3) is 0.778. The standard InChI is InChI=1S/C18H29NS/c1-17(2)10-14(11-18(3,4)12-17)19-16(13-7-8-13)15-6-5-9-20-15/h5-6,9,13-14,16,19H,7-8,10-12H2,1-4H3. The van der Waals surface area contributed by atoms with Gasteiger partial charge in [-0.05, 0) is 60.3 Å². The first-order chi connectivity index (χ1) is 9.35. The van der Waals surface area contributed by atoms with Crippen molar-refractivity contribution in [3.8, 4) is 0 Å². The van der Waals surface area contributed by atoms with Gasteiger partial charge in [0.05, 0.1) is 0 Å². The predicted molar refractivity (Wildman–Crippen MR) is 88.1 cm³/mol. The smallest absolute Gasteiger partial charge is 0.0445 e. The normalized spacial score (nSPS) is 27.4. The lowest BCUT2D eigenvalue weighted by Gasteiger charge is -2.46. The van der Waals surface area contributed by atoms with E-state index in [0.717, 1.165) is 5.92 Å². The van der Waals surface area contributed by atoms with Crippen molar-refractivity contribution < 1.29 is 0 Å². The van der Waals surface area contributed by atoms with Crippen molar-refractivity contribution in [3.05, 3.63) is 22.4 Å². The molecule has 3 rings (SSSR count). The lowest BCUT2D eigenvalue weighted by Crippen LogP contribution is -2.45. The Morgan fingerprint density at radius 3 is 2.30 bits per heavy atom. The van der Waals surface area contributed by atoms with Crippen molar-refractivity contribution in [1.82, 2.24) is 5.32 Å². The predicted octanol–water partition coefficient (Wildman–Crippen LogP) is 5.39. The third kappa shape index (κ3) is 3.46. The van der Waals surface area contributed by atoms with Crippen LogP contribution >= 0.6 is 11.3 Å². The average Bonchev–Trinajstić information content (AvgIpc) is 2.97. The minimum Gasteiger partial charge on any atom is -0.306 e. The van der Waals surface area contributed by atoms with E-state index < -0.39 is 0 Å². The van der Waals surface area contributed by atoms with E-state index in [1.165, 1.54) is 32.1 Å². The fourth-order valence-corrected chi connectivity index (χ4v) is 5.44. The number of hydrogen-bond acceptors (Lipinski definition) is 2.